The fourth-order valence-electron chi connectivity index (χ4n) is 1.81. The van der Waals surface area contributed by atoms with Crippen molar-refractivity contribution >= 4 is 11.3 Å². The standard InChI is InChI=1S/C12H20N2S/c1-3-12(13,4-2)10-8-15-11(14-10)7-9-5-6-9/h8-9H,3-7,13H2,1-2H3. The zero-order chi connectivity index (χ0) is 10.9. The Bertz CT molecular complexity index is 324. The summed E-state index contributed by atoms with van der Waals surface area (Å²) in [6.07, 6.45) is 5.90. The van der Waals surface area contributed by atoms with Gasteiger partial charge in [0.1, 0.15) is 0 Å². The van der Waals surface area contributed by atoms with Gasteiger partial charge >= 0.3 is 0 Å². The van der Waals surface area contributed by atoms with Gasteiger partial charge in [-0.15, -0.1) is 11.3 Å². The van der Waals surface area contributed by atoms with Crippen LogP contribution in [0, 0.1) is 5.92 Å². The van der Waals surface area contributed by atoms with E-state index >= 15 is 0 Å². The predicted octanol–water partition coefficient (Wildman–Crippen LogP) is 3.07. The van der Waals surface area contributed by atoms with E-state index < -0.39 is 0 Å². The molecule has 1 saturated carbocycles. The van der Waals surface area contributed by atoms with Gasteiger partial charge in [-0.05, 0) is 31.6 Å². The van der Waals surface area contributed by atoms with Crippen LogP contribution in [-0.4, -0.2) is 4.98 Å². The van der Waals surface area contributed by atoms with Gasteiger partial charge in [0, 0.05) is 11.8 Å². The van der Waals surface area contributed by atoms with Gasteiger partial charge in [-0.3, -0.25) is 0 Å². The Morgan fingerprint density at radius 1 is 1.47 bits per heavy atom. The second kappa shape index (κ2) is 4.22. The van der Waals surface area contributed by atoms with E-state index in [1.165, 1.54) is 24.3 Å². The van der Waals surface area contributed by atoms with Crippen molar-refractivity contribution in [2.24, 2.45) is 11.7 Å². The highest BCUT2D eigenvalue weighted by atomic mass is 32.1. The van der Waals surface area contributed by atoms with Crippen LogP contribution >= 0.6 is 11.3 Å². The van der Waals surface area contributed by atoms with E-state index in [-0.39, 0.29) is 5.54 Å². The molecule has 15 heavy (non-hydrogen) atoms. The highest BCUT2D eigenvalue weighted by Gasteiger charge is 2.28. The first kappa shape index (κ1) is 11.1. The quantitative estimate of drug-likeness (QED) is 0.835. The summed E-state index contributed by atoms with van der Waals surface area (Å²) in [5.74, 6) is 0.916. The number of hydrogen-bond acceptors (Lipinski definition) is 3. The van der Waals surface area contributed by atoms with Crippen molar-refractivity contribution in [1.29, 1.82) is 0 Å². The summed E-state index contributed by atoms with van der Waals surface area (Å²) in [5.41, 5.74) is 7.23. The molecule has 0 radical (unpaired) electrons. The van der Waals surface area contributed by atoms with Gasteiger partial charge in [0.2, 0.25) is 0 Å². The average molecular weight is 224 g/mol. The van der Waals surface area contributed by atoms with Crippen molar-refractivity contribution in [3.63, 3.8) is 0 Å². The Hall–Kier alpha value is -0.410. The maximum absolute atomic E-state index is 6.32. The smallest absolute Gasteiger partial charge is 0.0931 e. The minimum absolute atomic E-state index is 0.196. The summed E-state index contributed by atoms with van der Waals surface area (Å²) in [6.45, 7) is 4.28. The molecule has 3 heteroatoms. The average Bonchev–Trinajstić information content (AvgIpc) is 2.93. The summed E-state index contributed by atoms with van der Waals surface area (Å²) in [4.78, 5) is 4.70. The first-order valence-corrected chi connectivity index (χ1v) is 6.79. The fraction of sp³-hybridized carbons (Fsp3) is 0.750. The molecule has 1 aromatic heterocycles. The third-order valence-electron chi connectivity index (χ3n) is 3.48. The molecule has 0 aliphatic heterocycles. The van der Waals surface area contributed by atoms with Gasteiger partial charge < -0.3 is 5.73 Å². The van der Waals surface area contributed by atoms with Crippen LogP contribution in [0.15, 0.2) is 5.38 Å². The summed E-state index contributed by atoms with van der Waals surface area (Å²) in [6, 6.07) is 0. The number of nitrogens with zero attached hydrogens (tertiary/aromatic N) is 1. The topological polar surface area (TPSA) is 38.9 Å². The number of hydrogen-bond donors (Lipinski definition) is 1. The molecule has 0 aromatic carbocycles. The highest BCUT2D eigenvalue weighted by molar-refractivity contribution is 7.09. The molecule has 2 rings (SSSR count). The van der Waals surface area contributed by atoms with Crippen molar-refractivity contribution in [3.8, 4) is 0 Å². The van der Waals surface area contributed by atoms with Crippen molar-refractivity contribution in [3.05, 3.63) is 16.1 Å². The van der Waals surface area contributed by atoms with Crippen LogP contribution in [0.5, 0.6) is 0 Å². The van der Waals surface area contributed by atoms with E-state index in [9.17, 15) is 0 Å². The summed E-state index contributed by atoms with van der Waals surface area (Å²) < 4.78 is 0. The number of nitrogens with two attached hydrogens (primary N) is 1. The Balaban J connectivity index is 2.10. The number of aromatic nitrogens is 1. The second-order valence-corrected chi connectivity index (χ2v) is 5.58. The molecule has 2 nitrogen and oxygen atoms in total. The van der Waals surface area contributed by atoms with Crippen molar-refractivity contribution < 1.29 is 0 Å². The van der Waals surface area contributed by atoms with Crippen molar-refractivity contribution in [1.82, 2.24) is 4.98 Å². The molecular formula is C12H20N2S. The van der Waals surface area contributed by atoms with Crippen LogP contribution in [0.1, 0.15) is 50.2 Å². The Labute approximate surface area is 95.9 Å². The van der Waals surface area contributed by atoms with Crippen molar-refractivity contribution in [2.75, 3.05) is 0 Å². The van der Waals surface area contributed by atoms with Gasteiger partial charge in [-0.25, -0.2) is 4.98 Å². The molecule has 0 bridgehead atoms. The molecule has 0 amide bonds. The number of thiazole rings is 1. The lowest BCUT2D eigenvalue weighted by Crippen LogP contribution is -2.35. The molecule has 0 atom stereocenters. The summed E-state index contributed by atoms with van der Waals surface area (Å²) in [7, 11) is 0. The molecule has 1 heterocycles. The normalized spacial score (nSPS) is 17.0. The summed E-state index contributed by atoms with van der Waals surface area (Å²) in [5, 5.41) is 3.44. The lowest BCUT2D eigenvalue weighted by atomic mass is 9.91. The van der Waals surface area contributed by atoms with E-state index in [2.05, 4.69) is 19.2 Å². The SMILES string of the molecule is CCC(N)(CC)c1csc(CC2CC2)n1. The van der Waals surface area contributed by atoms with E-state index in [1.807, 2.05) is 0 Å². The van der Waals surface area contributed by atoms with Gasteiger partial charge in [-0.1, -0.05) is 13.8 Å². The van der Waals surface area contributed by atoms with Crippen LogP contribution < -0.4 is 5.73 Å². The van der Waals surface area contributed by atoms with Gasteiger partial charge in [-0.2, -0.15) is 0 Å². The summed E-state index contributed by atoms with van der Waals surface area (Å²) >= 11 is 1.78. The monoisotopic (exact) mass is 224 g/mol. The van der Waals surface area contributed by atoms with Gasteiger partial charge in [0.05, 0.1) is 16.2 Å². The molecule has 84 valence electrons. The van der Waals surface area contributed by atoms with Crippen molar-refractivity contribution in [2.45, 2.75) is 51.5 Å². The third-order valence-corrected chi connectivity index (χ3v) is 4.36. The van der Waals surface area contributed by atoms with E-state index in [1.54, 1.807) is 11.3 Å². The molecule has 0 spiro atoms. The van der Waals surface area contributed by atoms with Gasteiger partial charge in [0.15, 0.2) is 0 Å². The first-order valence-electron chi connectivity index (χ1n) is 5.91. The largest absolute Gasteiger partial charge is 0.320 e. The van der Waals surface area contributed by atoms with Crippen LogP contribution in [-0.2, 0) is 12.0 Å². The van der Waals surface area contributed by atoms with Crippen LogP contribution in [0.3, 0.4) is 0 Å². The lowest BCUT2D eigenvalue weighted by molar-refractivity contribution is 0.402. The minimum atomic E-state index is -0.196. The zero-order valence-electron chi connectivity index (χ0n) is 9.62. The molecule has 1 aliphatic carbocycles. The van der Waals surface area contributed by atoms with E-state index in [0.29, 0.717) is 0 Å². The molecule has 1 aliphatic rings. The van der Waals surface area contributed by atoms with Crippen LogP contribution in [0.25, 0.3) is 0 Å². The maximum atomic E-state index is 6.32. The number of rotatable bonds is 5. The molecule has 0 saturated heterocycles. The zero-order valence-corrected chi connectivity index (χ0v) is 10.4. The van der Waals surface area contributed by atoms with Crippen LogP contribution in [0.2, 0.25) is 0 Å². The molecule has 1 aromatic rings. The van der Waals surface area contributed by atoms with Crippen LogP contribution in [0.4, 0.5) is 0 Å². The van der Waals surface area contributed by atoms with Gasteiger partial charge in [0.25, 0.3) is 0 Å². The molecule has 0 unspecified atom stereocenters. The molecule has 2 N–H and O–H groups in total. The highest BCUT2D eigenvalue weighted by Crippen LogP contribution is 2.34. The van der Waals surface area contributed by atoms with E-state index in [0.717, 1.165) is 24.5 Å². The fourth-order valence-corrected chi connectivity index (χ4v) is 2.83. The predicted molar refractivity (Wildman–Crippen MR) is 65.0 cm³/mol. The Morgan fingerprint density at radius 3 is 2.67 bits per heavy atom. The maximum Gasteiger partial charge on any atom is 0.0931 e. The van der Waals surface area contributed by atoms with E-state index in [4.69, 9.17) is 10.7 Å². The molecule has 1 fully saturated rings. The third kappa shape index (κ3) is 2.40. The lowest BCUT2D eigenvalue weighted by Gasteiger charge is -2.24. The molecular weight excluding hydrogens is 204 g/mol. The Kier molecular flexibility index (Phi) is 3.12. The first-order chi connectivity index (χ1) is 7.18. The second-order valence-electron chi connectivity index (χ2n) is 4.64. The Morgan fingerprint density at radius 2 is 2.13 bits per heavy atom. The minimum Gasteiger partial charge on any atom is -0.320 e.